The number of hydrogen-bond acceptors (Lipinski definition) is 4. The van der Waals surface area contributed by atoms with E-state index < -0.39 is 0 Å². The van der Waals surface area contributed by atoms with Crippen LogP contribution in [0.4, 0.5) is 0 Å². The molecule has 0 aliphatic rings. The molecule has 0 spiro atoms. The molecule has 0 atom stereocenters. The second-order valence-corrected chi connectivity index (χ2v) is 6.52. The van der Waals surface area contributed by atoms with Crippen molar-refractivity contribution < 1.29 is 9.53 Å². The number of esters is 1. The van der Waals surface area contributed by atoms with Gasteiger partial charge in [0.05, 0.1) is 12.2 Å². The molecule has 3 rings (SSSR count). The van der Waals surface area contributed by atoms with Crippen LogP contribution < -0.4 is 0 Å². The second kappa shape index (κ2) is 6.46. The highest BCUT2D eigenvalue weighted by molar-refractivity contribution is 7.17. The highest BCUT2D eigenvalue weighted by Crippen LogP contribution is 2.32. The van der Waals surface area contributed by atoms with Crippen molar-refractivity contribution >= 4 is 38.2 Å². The van der Waals surface area contributed by atoms with Crippen LogP contribution in [0.25, 0.3) is 20.9 Å². The standard InChI is InChI=1S/C18H19NO2S/c1-19(2)9-5-10-21-18(20)16-12-13-6-3-4-7-14(13)15-8-11-22-17(15)16/h3-4,6-8,11-12H,5,9-10H2,1-2H3. The molecular weight excluding hydrogens is 294 g/mol. The molecular formula is C18H19NO2S. The number of fused-ring (bicyclic) bond motifs is 3. The van der Waals surface area contributed by atoms with Gasteiger partial charge in [-0.2, -0.15) is 0 Å². The molecule has 0 bridgehead atoms. The van der Waals surface area contributed by atoms with Crippen LogP contribution in [-0.4, -0.2) is 38.1 Å². The summed E-state index contributed by atoms with van der Waals surface area (Å²) >= 11 is 1.59. The summed E-state index contributed by atoms with van der Waals surface area (Å²) in [6.45, 7) is 1.37. The zero-order valence-corrected chi connectivity index (χ0v) is 13.7. The fourth-order valence-corrected chi connectivity index (χ4v) is 3.51. The minimum Gasteiger partial charge on any atom is -0.462 e. The molecule has 0 saturated carbocycles. The zero-order chi connectivity index (χ0) is 15.5. The van der Waals surface area contributed by atoms with E-state index in [1.807, 2.05) is 43.7 Å². The number of thiophene rings is 1. The topological polar surface area (TPSA) is 29.5 Å². The summed E-state index contributed by atoms with van der Waals surface area (Å²) in [5.41, 5.74) is 0.675. The van der Waals surface area contributed by atoms with Gasteiger partial charge in [0.15, 0.2) is 0 Å². The number of nitrogens with zero attached hydrogens (tertiary/aromatic N) is 1. The lowest BCUT2D eigenvalue weighted by atomic mass is 10.0. The number of benzene rings is 2. The van der Waals surface area contributed by atoms with Crippen LogP contribution in [0.3, 0.4) is 0 Å². The first-order chi connectivity index (χ1) is 10.7. The number of hydrogen-bond donors (Lipinski definition) is 0. The number of carbonyl (C=O) groups excluding carboxylic acids is 1. The first kappa shape index (κ1) is 15.0. The van der Waals surface area contributed by atoms with Gasteiger partial charge in [-0.1, -0.05) is 24.3 Å². The third kappa shape index (κ3) is 2.98. The van der Waals surface area contributed by atoms with Crippen LogP contribution in [0.5, 0.6) is 0 Å². The molecule has 0 fully saturated rings. The first-order valence-electron chi connectivity index (χ1n) is 7.37. The van der Waals surface area contributed by atoms with Crippen molar-refractivity contribution in [3.05, 3.63) is 47.3 Å². The number of rotatable bonds is 5. The van der Waals surface area contributed by atoms with Crippen LogP contribution >= 0.6 is 11.3 Å². The zero-order valence-electron chi connectivity index (χ0n) is 12.8. The Morgan fingerprint density at radius 3 is 2.82 bits per heavy atom. The van der Waals surface area contributed by atoms with Crippen molar-refractivity contribution in [2.24, 2.45) is 0 Å². The van der Waals surface area contributed by atoms with Crippen LogP contribution in [0.2, 0.25) is 0 Å². The smallest absolute Gasteiger partial charge is 0.339 e. The van der Waals surface area contributed by atoms with E-state index in [2.05, 4.69) is 17.0 Å². The Morgan fingerprint density at radius 1 is 1.18 bits per heavy atom. The van der Waals surface area contributed by atoms with Crippen molar-refractivity contribution in [2.75, 3.05) is 27.2 Å². The van der Waals surface area contributed by atoms with Crippen LogP contribution in [0.15, 0.2) is 41.8 Å². The monoisotopic (exact) mass is 313 g/mol. The van der Waals surface area contributed by atoms with E-state index in [9.17, 15) is 4.79 Å². The number of carbonyl (C=O) groups is 1. The molecule has 1 aromatic heterocycles. The lowest BCUT2D eigenvalue weighted by Crippen LogP contribution is -2.16. The summed E-state index contributed by atoms with van der Waals surface area (Å²) in [4.78, 5) is 14.5. The molecule has 0 N–H and O–H groups in total. The second-order valence-electron chi connectivity index (χ2n) is 5.60. The summed E-state index contributed by atoms with van der Waals surface area (Å²) in [6.07, 6.45) is 0.847. The van der Waals surface area contributed by atoms with Crippen molar-refractivity contribution in [3.8, 4) is 0 Å². The Bertz CT molecular complexity index is 807. The minimum atomic E-state index is -0.225. The first-order valence-corrected chi connectivity index (χ1v) is 8.25. The Hall–Kier alpha value is -1.91. The van der Waals surface area contributed by atoms with Gasteiger partial charge >= 0.3 is 5.97 Å². The predicted octanol–water partition coefficient (Wildman–Crippen LogP) is 4.16. The third-order valence-corrected chi connectivity index (χ3v) is 4.61. The fraction of sp³-hybridized carbons (Fsp3) is 0.278. The summed E-state index contributed by atoms with van der Waals surface area (Å²) in [5.74, 6) is -0.225. The van der Waals surface area contributed by atoms with E-state index in [4.69, 9.17) is 4.74 Å². The molecule has 22 heavy (non-hydrogen) atoms. The Balaban J connectivity index is 1.88. The van der Waals surface area contributed by atoms with Gasteiger partial charge in [-0.3, -0.25) is 0 Å². The average Bonchev–Trinajstić information content (AvgIpc) is 3.00. The lowest BCUT2D eigenvalue weighted by molar-refractivity contribution is 0.0496. The van der Waals surface area contributed by atoms with Gasteiger partial charge in [-0.25, -0.2) is 4.79 Å². The number of ether oxygens (including phenoxy) is 1. The SMILES string of the molecule is CN(C)CCCOC(=O)c1cc2ccccc2c2ccsc12. The fourth-order valence-electron chi connectivity index (χ4n) is 2.59. The summed E-state index contributed by atoms with van der Waals surface area (Å²) in [7, 11) is 4.03. The van der Waals surface area contributed by atoms with Crippen LogP contribution in [0.1, 0.15) is 16.8 Å². The molecule has 3 nitrogen and oxygen atoms in total. The predicted molar refractivity (Wildman–Crippen MR) is 92.8 cm³/mol. The van der Waals surface area contributed by atoms with E-state index in [0.29, 0.717) is 12.2 Å². The molecule has 0 saturated heterocycles. The highest BCUT2D eigenvalue weighted by Gasteiger charge is 2.15. The van der Waals surface area contributed by atoms with Gasteiger partial charge in [0.1, 0.15) is 0 Å². The average molecular weight is 313 g/mol. The molecule has 114 valence electrons. The quantitative estimate of drug-likeness (QED) is 0.523. The van der Waals surface area contributed by atoms with Crippen molar-refractivity contribution in [1.82, 2.24) is 4.90 Å². The summed E-state index contributed by atoms with van der Waals surface area (Å²) in [5, 5.41) is 5.42. The van der Waals surface area contributed by atoms with Gasteiger partial charge in [0.2, 0.25) is 0 Å². The molecule has 1 heterocycles. The van der Waals surface area contributed by atoms with Gasteiger partial charge < -0.3 is 9.64 Å². The maximum absolute atomic E-state index is 12.4. The van der Waals surface area contributed by atoms with E-state index >= 15 is 0 Å². The van der Waals surface area contributed by atoms with Crippen molar-refractivity contribution in [1.29, 1.82) is 0 Å². The Labute approximate surface area is 134 Å². The van der Waals surface area contributed by atoms with Crippen molar-refractivity contribution in [3.63, 3.8) is 0 Å². The minimum absolute atomic E-state index is 0.225. The largest absolute Gasteiger partial charge is 0.462 e. The molecule has 0 radical (unpaired) electrons. The van der Waals surface area contributed by atoms with Gasteiger partial charge in [-0.05, 0) is 48.8 Å². The third-order valence-electron chi connectivity index (χ3n) is 3.66. The van der Waals surface area contributed by atoms with Gasteiger partial charge in [0, 0.05) is 16.6 Å². The molecule has 0 unspecified atom stereocenters. The molecule has 0 amide bonds. The maximum Gasteiger partial charge on any atom is 0.339 e. The molecule has 4 heteroatoms. The van der Waals surface area contributed by atoms with Gasteiger partial charge in [-0.15, -0.1) is 11.3 Å². The Morgan fingerprint density at radius 2 is 2.00 bits per heavy atom. The molecule has 2 aromatic carbocycles. The molecule has 0 aliphatic carbocycles. The van der Waals surface area contributed by atoms with Crippen LogP contribution in [0, 0.1) is 0 Å². The maximum atomic E-state index is 12.4. The van der Waals surface area contributed by atoms with Gasteiger partial charge in [0.25, 0.3) is 0 Å². The molecule has 0 aliphatic heterocycles. The molecule has 3 aromatic rings. The lowest BCUT2D eigenvalue weighted by Gasteiger charge is -2.10. The highest BCUT2D eigenvalue weighted by atomic mass is 32.1. The summed E-state index contributed by atoms with van der Waals surface area (Å²) in [6, 6.07) is 12.2. The Kier molecular flexibility index (Phi) is 4.41. The summed E-state index contributed by atoms with van der Waals surface area (Å²) < 4.78 is 6.46. The van der Waals surface area contributed by atoms with E-state index in [0.717, 1.165) is 28.4 Å². The van der Waals surface area contributed by atoms with E-state index in [1.165, 1.54) is 5.39 Å². The van der Waals surface area contributed by atoms with E-state index in [1.54, 1.807) is 11.3 Å². The van der Waals surface area contributed by atoms with Crippen molar-refractivity contribution in [2.45, 2.75) is 6.42 Å². The normalized spacial score (nSPS) is 11.4. The van der Waals surface area contributed by atoms with Crippen LogP contribution in [-0.2, 0) is 4.74 Å². The van der Waals surface area contributed by atoms with E-state index in [-0.39, 0.29) is 5.97 Å².